The van der Waals surface area contributed by atoms with Gasteiger partial charge in [0, 0.05) is 58.7 Å². The third kappa shape index (κ3) is 10.5. The van der Waals surface area contributed by atoms with Crippen LogP contribution in [0.15, 0.2) is 83.9 Å². The van der Waals surface area contributed by atoms with Crippen molar-refractivity contribution in [1.82, 2.24) is 40.3 Å². The van der Waals surface area contributed by atoms with Gasteiger partial charge in [-0.2, -0.15) is 5.10 Å². The van der Waals surface area contributed by atoms with Gasteiger partial charge in [-0.25, -0.2) is 28.6 Å². The number of hydrogen-bond acceptors (Lipinski definition) is 11. The smallest absolute Gasteiger partial charge is 0.348 e. The number of piperidine rings is 1. The number of phenolic OH excluding ortho intramolecular Hbond substituents is 2. The minimum atomic E-state index is -1.18. The number of aromatic nitrogens is 5. The molecule has 1 saturated heterocycles. The van der Waals surface area contributed by atoms with Crippen molar-refractivity contribution < 1.29 is 33.7 Å². The van der Waals surface area contributed by atoms with Crippen LogP contribution in [0.1, 0.15) is 92.5 Å². The second kappa shape index (κ2) is 19.9. The third-order valence-electron chi connectivity index (χ3n) is 12.3. The van der Waals surface area contributed by atoms with Crippen molar-refractivity contribution in [3.05, 3.63) is 128 Å². The summed E-state index contributed by atoms with van der Waals surface area (Å²) in [6.45, 7) is 8.76. The predicted octanol–water partition coefficient (Wildman–Crippen LogP) is 7.99. The molecule has 8 rings (SSSR count). The number of pyridine rings is 1. The van der Waals surface area contributed by atoms with Gasteiger partial charge in [0.05, 0.1) is 22.3 Å². The van der Waals surface area contributed by atoms with Gasteiger partial charge >= 0.3 is 11.7 Å². The first-order valence-electron chi connectivity index (χ1n) is 22.4. The maximum atomic E-state index is 15.7. The number of nitrogens with zero attached hydrogens (tertiary/aromatic N) is 4. The van der Waals surface area contributed by atoms with Crippen LogP contribution in [0.3, 0.4) is 0 Å². The summed E-state index contributed by atoms with van der Waals surface area (Å²) in [6.07, 6.45) is 4.98. The molecule has 16 nitrogen and oxygen atoms in total. The number of esters is 1. The van der Waals surface area contributed by atoms with Crippen molar-refractivity contribution in [2.45, 2.75) is 83.5 Å². The SMILES string of the molecule is CC(C)Nc1cc(-c2c[nH]c(C(=O)NC(COC(=O)C3(NC(=O)C4CCN(Cc5ccc(-n6c(-c7cc(C(C)C)c(O)cc7O)n[nH]c6=O)cc5F)CC4)CC3)c3cccc(Cl)c3)c2)c(Cl)cn1. The zero-order valence-corrected chi connectivity index (χ0v) is 39.3. The topological polar surface area (TPSA) is 220 Å². The molecule has 1 aliphatic heterocycles. The number of nitrogens with one attached hydrogen (secondary N) is 5. The van der Waals surface area contributed by atoms with Crippen LogP contribution < -0.4 is 21.6 Å². The third-order valence-corrected chi connectivity index (χ3v) is 12.8. The van der Waals surface area contributed by atoms with Crippen LogP contribution in [-0.4, -0.2) is 88.9 Å². The van der Waals surface area contributed by atoms with Crippen molar-refractivity contribution in [2.24, 2.45) is 5.92 Å². The Morgan fingerprint density at radius 2 is 1.74 bits per heavy atom. The quantitative estimate of drug-likeness (QED) is 0.0461. The summed E-state index contributed by atoms with van der Waals surface area (Å²) in [6, 6.07) is 16.9. The van der Waals surface area contributed by atoms with Gasteiger partial charge in [-0.05, 0) is 112 Å². The van der Waals surface area contributed by atoms with E-state index in [-0.39, 0.29) is 71.2 Å². The lowest BCUT2D eigenvalue weighted by atomic mass is 9.95. The molecule has 68 heavy (non-hydrogen) atoms. The summed E-state index contributed by atoms with van der Waals surface area (Å²) in [5.74, 6) is -2.05. The Morgan fingerprint density at radius 1 is 0.971 bits per heavy atom. The van der Waals surface area contributed by atoms with Gasteiger partial charge in [-0.15, -0.1) is 0 Å². The number of hydrogen-bond donors (Lipinski definition) is 7. The van der Waals surface area contributed by atoms with Crippen LogP contribution in [0.25, 0.3) is 28.2 Å². The molecule has 3 aromatic heterocycles. The largest absolute Gasteiger partial charge is 0.508 e. The number of amides is 2. The van der Waals surface area contributed by atoms with Crippen molar-refractivity contribution in [3.63, 3.8) is 0 Å². The highest BCUT2D eigenvalue weighted by Crippen LogP contribution is 2.39. The van der Waals surface area contributed by atoms with Gasteiger partial charge in [0.1, 0.15) is 41.0 Å². The highest BCUT2D eigenvalue weighted by Gasteiger charge is 2.53. The Bertz CT molecular complexity index is 2920. The molecule has 7 N–H and O–H groups in total. The number of H-pyrrole nitrogens is 2. The number of aromatic amines is 2. The van der Waals surface area contributed by atoms with Gasteiger partial charge in [-0.3, -0.25) is 14.5 Å². The fourth-order valence-electron chi connectivity index (χ4n) is 8.39. The Hall–Kier alpha value is -6.69. The van der Waals surface area contributed by atoms with E-state index in [4.69, 9.17) is 27.9 Å². The summed E-state index contributed by atoms with van der Waals surface area (Å²) >= 11 is 12.8. The molecule has 6 aromatic rings. The van der Waals surface area contributed by atoms with Crippen LogP contribution in [0.4, 0.5) is 10.2 Å². The number of likely N-dealkylation sites (tertiary alicyclic amines) is 1. The highest BCUT2D eigenvalue weighted by atomic mass is 35.5. The van der Waals surface area contributed by atoms with E-state index in [1.807, 2.05) is 38.7 Å². The molecule has 1 atom stereocenters. The van der Waals surface area contributed by atoms with E-state index in [1.165, 1.54) is 12.1 Å². The van der Waals surface area contributed by atoms with E-state index < -0.39 is 35.0 Å². The Kier molecular flexibility index (Phi) is 14.0. The number of carbonyl (C=O) groups is 3. The minimum absolute atomic E-state index is 0.0544. The second-order valence-electron chi connectivity index (χ2n) is 18.0. The number of anilines is 1. The van der Waals surface area contributed by atoms with E-state index in [1.54, 1.807) is 60.9 Å². The number of aromatic hydroxyl groups is 2. The predicted molar refractivity (Wildman–Crippen MR) is 256 cm³/mol. The van der Waals surface area contributed by atoms with Crippen LogP contribution in [0, 0.1) is 11.7 Å². The molecule has 2 aliphatic rings. The molecule has 2 amide bonds. The lowest BCUT2D eigenvalue weighted by Gasteiger charge is -2.32. The molecule has 0 bridgehead atoms. The number of halogens is 3. The minimum Gasteiger partial charge on any atom is -0.508 e. The van der Waals surface area contributed by atoms with Crippen molar-refractivity contribution in [2.75, 3.05) is 25.0 Å². The molecule has 4 heterocycles. The molecule has 1 unspecified atom stereocenters. The summed E-state index contributed by atoms with van der Waals surface area (Å²) in [5.41, 5.74) is 1.71. The molecule has 3 aromatic carbocycles. The molecule has 1 saturated carbocycles. The first-order valence-corrected chi connectivity index (χ1v) is 23.2. The molecule has 0 radical (unpaired) electrons. The lowest BCUT2D eigenvalue weighted by Crippen LogP contribution is -2.49. The van der Waals surface area contributed by atoms with E-state index >= 15 is 4.39 Å². The molecular weight excluding hydrogens is 916 g/mol. The van der Waals surface area contributed by atoms with E-state index in [0.29, 0.717) is 82.5 Å². The summed E-state index contributed by atoms with van der Waals surface area (Å²) in [5, 5.41) is 37.5. The average Bonchev–Trinajstić information content (AvgIpc) is 3.72. The zero-order valence-electron chi connectivity index (χ0n) is 37.8. The van der Waals surface area contributed by atoms with Crippen LogP contribution in [0.5, 0.6) is 11.5 Å². The molecular formula is C49H52Cl2FN9O7. The average molecular weight is 969 g/mol. The monoisotopic (exact) mass is 967 g/mol. The molecule has 19 heteroatoms. The fourth-order valence-corrected chi connectivity index (χ4v) is 8.80. The van der Waals surface area contributed by atoms with Crippen molar-refractivity contribution >= 4 is 46.8 Å². The number of carbonyl (C=O) groups excluding carboxylic acids is 3. The van der Waals surface area contributed by atoms with Gasteiger partial charge < -0.3 is 35.9 Å². The fraction of sp³-hybridized carbons (Fsp3) is 0.347. The summed E-state index contributed by atoms with van der Waals surface area (Å²) < 4.78 is 22.7. The highest BCUT2D eigenvalue weighted by molar-refractivity contribution is 6.33. The van der Waals surface area contributed by atoms with Crippen molar-refractivity contribution in [1.29, 1.82) is 0 Å². The number of benzene rings is 3. The normalized spacial score (nSPS) is 15.3. The van der Waals surface area contributed by atoms with E-state index in [9.17, 15) is 29.4 Å². The molecule has 2 fully saturated rings. The summed E-state index contributed by atoms with van der Waals surface area (Å²) in [4.78, 5) is 63.2. The Labute approximate surface area is 401 Å². The van der Waals surface area contributed by atoms with Crippen LogP contribution >= 0.6 is 23.2 Å². The second-order valence-corrected chi connectivity index (χ2v) is 18.8. The van der Waals surface area contributed by atoms with Gasteiger partial charge in [0.15, 0.2) is 5.82 Å². The maximum Gasteiger partial charge on any atom is 0.348 e. The molecule has 356 valence electrons. The first kappa shape index (κ1) is 47.8. The van der Waals surface area contributed by atoms with Crippen LogP contribution in [0.2, 0.25) is 10.0 Å². The molecule has 1 aliphatic carbocycles. The first-order chi connectivity index (χ1) is 32.5. The lowest BCUT2D eigenvalue weighted by molar-refractivity contribution is -0.150. The van der Waals surface area contributed by atoms with Crippen molar-refractivity contribution in [3.8, 4) is 39.7 Å². The summed E-state index contributed by atoms with van der Waals surface area (Å²) in [7, 11) is 0. The maximum absolute atomic E-state index is 15.7. The van der Waals surface area contributed by atoms with Crippen LogP contribution in [-0.2, 0) is 20.9 Å². The standard InChI is InChI=1S/C49H52Cl2FN9O7/c1-26(2)34-19-36(42(63)21-41(34)62)44-58-59-48(67)61(44)33-9-8-30(38(52)18-33)24-60-14-10-28(11-15-60)45(64)57-49(12-13-49)47(66)68-25-40(29-6-5-7-32(50)16-29)56-46(65)39-17-31(22-53-39)35-20-43(55-27(3)4)54-23-37(35)51/h5-9,16-23,26-28,40,53,62-63H,10-15,24-25H2,1-4H3,(H,54,55)(H,56,65)(H,57,64)(H,59,67). The van der Waals surface area contributed by atoms with E-state index in [0.717, 1.165) is 4.57 Å². The number of phenols is 2. The van der Waals surface area contributed by atoms with Gasteiger partial charge in [0.25, 0.3) is 5.91 Å². The van der Waals surface area contributed by atoms with E-state index in [2.05, 4.69) is 36.1 Å². The Morgan fingerprint density at radius 3 is 2.43 bits per heavy atom. The number of ether oxygens (including phenoxy) is 1. The van der Waals surface area contributed by atoms with Gasteiger partial charge in [-0.1, -0.05) is 55.2 Å². The zero-order chi connectivity index (χ0) is 48.4. The Balaban J connectivity index is 0.862. The molecule has 0 spiro atoms. The van der Waals surface area contributed by atoms with Gasteiger partial charge in [0.2, 0.25) is 5.91 Å². The number of rotatable bonds is 16.